The third-order valence-electron chi connectivity index (χ3n) is 4.18. The van der Waals surface area contributed by atoms with Crippen LogP contribution in [0.15, 0.2) is 29.2 Å². The summed E-state index contributed by atoms with van der Waals surface area (Å²) in [4.78, 5) is 25.4. The van der Waals surface area contributed by atoms with Crippen LogP contribution in [0.2, 0.25) is 0 Å². The highest BCUT2D eigenvalue weighted by Gasteiger charge is 2.32. The number of piperidine rings is 1. The van der Waals surface area contributed by atoms with Crippen molar-refractivity contribution in [2.45, 2.75) is 18.2 Å². The number of hydrogen-bond donors (Lipinski definition) is 1. The van der Waals surface area contributed by atoms with Gasteiger partial charge < -0.3 is 10.0 Å². The highest BCUT2D eigenvalue weighted by molar-refractivity contribution is 7.89. The van der Waals surface area contributed by atoms with E-state index >= 15 is 0 Å². The molecule has 8 heteroatoms. The van der Waals surface area contributed by atoms with Crippen LogP contribution in [0.5, 0.6) is 0 Å². The Bertz CT molecular complexity index is 727. The van der Waals surface area contributed by atoms with E-state index in [-0.39, 0.29) is 23.3 Å². The molecule has 0 aliphatic carbocycles. The van der Waals surface area contributed by atoms with Crippen molar-refractivity contribution in [3.63, 3.8) is 0 Å². The molecule has 1 aromatic carbocycles. The van der Waals surface area contributed by atoms with Gasteiger partial charge in [-0.1, -0.05) is 6.92 Å². The van der Waals surface area contributed by atoms with Gasteiger partial charge in [-0.2, -0.15) is 0 Å². The van der Waals surface area contributed by atoms with Crippen LogP contribution in [0.4, 0.5) is 0 Å². The number of benzene rings is 1. The maximum Gasteiger partial charge on any atom is 0.308 e. The molecule has 1 aliphatic heterocycles. The van der Waals surface area contributed by atoms with Crippen molar-refractivity contribution in [2.75, 3.05) is 27.2 Å². The lowest BCUT2D eigenvalue weighted by Gasteiger charge is -2.34. The summed E-state index contributed by atoms with van der Waals surface area (Å²) in [5, 5.41) is 9.19. The first-order valence-corrected chi connectivity index (χ1v) is 9.11. The summed E-state index contributed by atoms with van der Waals surface area (Å²) in [5.41, 5.74) is 0.353. The average molecular weight is 354 g/mol. The van der Waals surface area contributed by atoms with E-state index in [0.29, 0.717) is 18.5 Å². The van der Waals surface area contributed by atoms with Crippen LogP contribution in [0.1, 0.15) is 23.7 Å². The molecule has 0 spiro atoms. The topological polar surface area (TPSA) is 95.0 Å². The summed E-state index contributed by atoms with van der Waals surface area (Å²) in [6.07, 6.45) is 0.555. The summed E-state index contributed by atoms with van der Waals surface area (Å²) >= 11 is 0. The van der Waals surface area contributed by atoms with Gasteiger partial charge in [0.1, 0.15) is 0 Å². The first-order valence-electron chi connectivity index (χ1n) is 7.67. The molecule has 2 unspecified atom stereocenters. The molecular weight excluding hydrogens is 332 g/mol. The molecule has 1 heterocycles. The summed E-state index contributed by atoms with van der Waals surface area (Å²) in [6.45, 7) is 2.60. The largest absolute Gasteiger partial charge is 0.481 e. The predicted octanol–water partition coefficient (Wildman–Crippen LogP) is 1.12. The molecule has 1 aromatic rings. The minimum Gasteiger partial charge on any atom is -0.481 e. The van der Waals surface area contributed by atoms with Crippen molar-refractivity contribution in [3.05, 3.63) is 29.8 Å². The van der Waals surface area contributed by atoms with Crippen molar-refractivity contribution in [1.82, 2.24) is 9.21 Å². The zero-order valence-electron chi connectivity index (χ0n) is 14.0. The molecule has 1 saturated heterocycles. The summed E-state index contributed by atoms with van der Waals surface area (Å²) in [5.74, 6) is -1.63. The Balaban J connectivity index is 2.20. The van der Waals surface area contributed by atoms with Crippen LogP contribution in [0.25, 0.3) is 0 Å². The number of nitrogens with zero attached hydrogens (tertiary/aromatic N) is 2. The van der Waals surface area contributed by atoms with Gasteiger partial charge in [0.05, 0.1) is 10.8 Å². The van der Waals surface area contributed by atoms with Gasteiger partial charge in [0.15, 0.2) is 0 Å². The molecule has 0 bridgehead atoms. The molecule has 1 amide bonds. The van der Waals surface area contributed by atoms with Gasteiger partial charge in [-0.3, -0.25) is 9.59 Å². The van der Waals surface area contributed by atoms with Crippen LogP contribution in [-0.4, -0.2) is 61.8 Å². The molecule has 0 saturated carbocycles. The number of likely N-dealkylation sites (tertiary alicyclic amines) is 1. The molecule has 1 N–H and O–H groups in total. The zero-order chi connectivity index (χ0) is 18.1. The van der Waals surface area contributed by atoms with Crippen molar-refractivity contribution in [3.8, 4) is 0 Å². The molecule has 2 rings (SSSR count). The number of amides is 1. The molecular formula is C16H22N2O5S. The number of rotatable bonds is 4. The second kappa shape index (κ2) is 6.90. The first kappa shape index (κ1) is 18.4. The molecule has 7 nitrogen and oxygen atoms in total. The number of hydrogen-bond acceptors (Lipinski definition) is 4. The lowest BCUT2D eigenvalue weighted by molar-refractivity contribution is -0.143. The lowest BCUT2D eigenvalue weighted by Crippen LogP contribution is -2.45. The minimum atomic E-state index is -3.54. The maximum atomic E-state index is 12.6. The van der Waals surface area contributed by atoms with Crippen molar-refractivity contribution in [1.29, 1.82) is 0 Å². The third-order valence-corrected chi connectivity index (χ3v) is 6.01. The van der Waals surface area contributed by atoms with Crippen LogP contribution in [-0.2, 0) is 14.8 Å². The summed E-state index contributed by atoms with van der Waals surface area (Å²) in [7, 11) is -0.662. The molecule has 24 heavy (non-hydrogen) atoms. The fourth-order valence-electron chi connectivity index (χ4n) is 2.86. The molecule has 2 atom stereocenters. The standard InChI is InChI=1S/C16H22N2O5S/c1-11-8-13(16(20)21)10-18(9-11)15(19)12-4-6-14(7-5-12)24(22,23)17(2)3/h4-7,11,13H,8-10H2,1-3H3,(H,20,21). The van der Waals surface area contributed by atoms with Crippen LogP contribution < -0.4 is 0 Å². The van der Waals surface area contributed by atoms with E-state index in [2.05, 4.69) is 0 Å². The van der Waals surface area contributed by atoms with Gasteiger partial charge >= 0.3 is 5.97 Å². The van der Waals surface area contributed by atoms with Gasteiger partial charge in [-0.05, 0) is 36.6 Å². The van der Waals surface area contributed by atoms with Gasteiger partial charge in [-0.25, -0.2) is 12.7 Å². The number of aliphatic carboxylic acids is 1. The summed E-state index contributed by atoms with van der Waals surface area (Å²) < 4.78 is 25.2. The highest BCUT2D eigenvalue weighted by atomic mass is 32.2. The van der Waals surface area contributed by atoms with Crippen molar-refractivity contribution < 1.29 is 23.1 Å². The fourth-order valence-corrected chi connectivity index (χ4v) is 3.76. The number of carboxylic acids is 1. The Morgan fingerprint density at radius 1 is 1.17 bits per heavy atom. The Morgan fingerprint density at radius 2 is 1.75 bits per heavy atom. The van der Waals surface area contributed by atoms with Crippen molar-refractivity contribution >= 4 is 21.9 Å². The van der Waals surface area contributed by atoms with E-state index < -0.39 is 21.9 Å². The number of sulfonamides is 1. The normalized spacial score (nSPS) is 21.8. The Labute approximate surface area is 141 Å². The second-order valence-corrected chi connectivity index (χ2v) is 8.55. The molecule has 1 fully saturated rings. The van der Waals surface area contributed by atoms with Gasteiger partial charge in [-0.15, -0.1) is 0 Å². The quantitative estimate of drug-likeness (QED) is 0.874. The van der Waals surface area contributed by atoms with E-state index in [9.17, 15) is 23.1 Å². The van der Waals surface area contributed by atoms with E-state index in [1.807, 2.05) is 6.92 Å². The first-order chi connectivity index (χ1) is 11.1. The highest BCUT2D eigenvalue weighted by Crippen LogP contribution is 2.24. The van der Waals surface area contributed by atoms with Gasteiger partial charge in [0.2, 0.25) is 10.0 Å². The average Bonchev–Trinajstić information content (AvgIpc) is 2.53. The van der Waals surface area contributed by atoms with E-state index in [0.717, 1.165) is 4.31 Å². The van der Waals surface area contributed by atoms with Crippen molar-refractivity contribution in [2.24, 2.45) is 11.8 Å². The lowest BCUT2D eigenvalue weighted by atomic mass is 9.90. The van der Waals surface area contributed by atoms with Crippen LogP contribution in [0, 0.1) is 11.8 Å². The Morgan fingerprint density at radius 3 is 2.25 bits per heavy atom. The van der Waals surface area contributed by atoms with E-state index in [4.69, 9.17) is 0 Å². The molecule has 0 aromatic heterocycles. The molecule has 1 aliphatic rings. The van der Waals surface area contributed by atoms with Gasteiger partial charge in [0, 0.05) is 32.7 Å². The minimum absolute atomic E-state index is 0.109. The smallest absolute Gasteiger partial charge is 0.308 e. The molecule has 132 valence electrons. The van der Waals surface area contributed by atoms with E-state index in [1.165, 1.54) is 43.3 Å². The maximum absolute atomic E-state index is 12.6. The fraction of sp³-hybridized carbons (Fsp3) is 0.500. The van der Waals surface area contributed by atoms with Gasteiger partial charge in [0.25, 0.3) is 5.91 Å². The number of carboxylic acid groups (broad SMARTS) is 1. The van der Waals surface area contributed by atoms with E-state index in [1.54, 1.807) is 0 Å². The predicted molar refractivity (Wildman–Crippen MR) is 88.1 cm³/mol. The van der Waals surface area contributed by atoms with Crippen LogP contribution >= 0.6 is 0 Å². The second-order valence-electron chi connectivity index (χ2n) is 6.40. The Kier molecular flexibility index (Phi) is 5.29. The SMILES string of the molecule is CC1CC(C(=O)O)CN(C(=O)c2ccc(S(=O)(=O)N(C)C)cc2)C1. The van der Waals surface area contributed by atoms with Crippen LogP contribution in [0.3, 0.4) is 0 Å². The zero-order valence-corrected chi connectivity index (χ0v) is 14.8. The number of carbonyl (C=O) groups is 2. The summed E-state index contributed by atoms with van der Waals surface area (Å²) in [6, 6.07) is 5.72. The monoisotopic (exact) mass is 354 g/mol. The third kappa shape index (κ3) is 3.76. The number of carbonyl (C=O) groups excluding carboxylic acids is 1. The molecule has 0 radical (unpaired) electrons. The Hall–Kier alpha value is -1.93.